The van der Waals surface area contributed by atoms with Gasteiger partial charge in [-0.1, -0.05) is 25.1 Å². The quantitative estimate of drug-likeness (QED) is 0.932. The van der Waals surface area contributed by atoms with Crippen molar-refractivity contribution in [2.75, 3.05) is 30.3 Å². The van der Waals surface area contributed by atoms with Crippen LogP contribution in [0.25, 0.3) is 0 Å². The Morgan fingerprint density at radius 2 is 2.10 bits per heavy atom. The van der Waals surface area contributed by atoms with E-state index in [0.29, 0.717) is 16.9 Å². The van der Waals surface area contributed by atoms with Crippen LogP contribution in [0.3, 0.4) is 0 Å². The molecule has 114 valence electrons. The van der Waals surface area contributed by atoms with Gasteiger partial charge in [0, 0.05) is 17.5 Å². The van der Waals surface area contributed by atoms with Crippen LogP contribution in [0, 0.1) is 5.92 Å². The average Bonchev–Trinajstić information content (AvgIpc) is 2.52. The number of nitrogens with zero attached hydrogens (tertiary/aromatic N) is 1. The molecule has 4 heteroatoms. The van der Waals surface area contributed by atoms with Crippen molar-refractivity contribution in [1.29, 1.82) is 0 Å². The Kier molecular flexibility index (Phi) is 4.86. The largest absolute Gasteiger partial charge is 0.317 e. The third-order valence-corrected chi connectivity index (χ3v) is 5.73. The van der Waals surface area contributed by atoms with Crippen LogP contribution in [0.2, 0.25) is 0 Å². The summed E-state index contributed by atoms with van der Waals surface area (Å²) in [6, 6.07) is 8.36. The molecular formula is C17H24N2OS. The number of hydrogen-bond acceptors (Lipinski definition) is 3. The molecule has 3 rings (SSSR count). The first-order valence-corrected chi connectivity index (χ1v) is 8.99. The third kappa shape index (κ3) is 3.61. The minimum atomic E-state index is 0.275. The van der Waals surface area contributed by atoms with Gasteiger partial charge in [-0.25, -0.2) is 0 Å². The van der Waals surface area contributed by atoms with Gasteiger partial charge in [-0.15, -0.1) is 11.8 Å². The van der Waals surface area contributed by atoms with E-state index >= 15 is 0 Å². The first-order chi connectivity index (χ1) is 10.2. The monoisotopic (exact) mass is 304 g/mol. The number of hydrogen-bond donors (Lipinski definition) is 1. The summed E-state index contributed by atoms with van der Waals surface area (Å²) in [5.41, 5.74) is 2.45. The fraction of sp³-hybridized carbons (Fsp3) is 0.588. The van der Waals surface area contributed by atoms with E-state index in [1.807, 2.05) is 22.7 Å². The Morgan fingerprint density at radius 1 is 1.33 bits per heavy atom. The Balaban J connectivity index is 1.64. The van der Waals surface area contributed by atoms with Crippen LogP contribution >= 0.6 is 11.8 Å². The number of thioether (sulfide) groups is 1. The fourth-order valence-corrected chi connectivity index (χ4v) is 4.37. The number of carbonyl (C=O) groups is 1. The summed E-state index contributed by atoms with van der Waals surface area (Å²) in [4.78, 5) is 14.6. The van der Waals surface area contributed by atoms with Gasteiger partial charge in [-0.05, 0) is 49.9 Å². The maximum absolute atomic E-state index is 12.6. The second-order valence-electron chi connectivity index (χ2n) is 6.20. The number of rotatable bonds is 3. The highest BCUT2D eigenvalue weighted by atomic mass is 32.2. The van der Waals surface area contributed by atoms with Crippen molar-refractivity contribution in [3.63, 3.8) is 0 Å². The summed E-state index contributed by atoms with van der Waals surface area (Å²) in [5.74, 6) is 1.44. The van der Waals surface area contributed by atoms with E-state index in [1.54, 1.807) is 0 Å². The average molecular weight is 304 g/mol. The molecule has 1 saturated heterocycles. The Bertz CT molecular complexity index is 499. The van der Waals surface area contributed by atoms with Crippen molar-refractivity contribution in [2.45, 2.75) is 31.4 Å². The number of benzene rings is 1. The van der Waals surface area contributed by atoms with E-state index < -0.39 is 0 Å². The van der Waals surface area contributed by atoms with Crippen LogP contribution in [-0.4, -0.2) is 36.5 Å². The maximum atomic E-state index is 12.6. The molecule has 3 nitrogen and oxygen atoms in total. The van der Waals surface area contributed by atoms with E-state index in [1.165, 1.54) is 18.4 Å². The van der Waals surface area contributed by atoms with Gasteiger partial charge in [-0.2, -0.15) is 0 Å². The van der Waals surface area contributed by atoms with E-state index in [2.05, 4.69) is 30.4 Å². The lowest BCUT2D eigenvalue weighted by atomic mass is 9.94. The SMILES string of the molecule is CC1Cc2ccccc2N(C(=O)CSC2CCNCC2)C1. The molecule has 2 heterocycles. The Hall–Kier alpha value is -1.000. The summed E-state index contributed by atoms with van der Waals surface area (Å²) in [5, 5.41) is 4.02. The normalized spacial score (nSPS) is 22.9. The van der Waals surface area contributed by atoms with Crippen LogP contribution in [0.15, 0.2) is 24.3 Å². The molecule has 1 atom stereocenters. The molecule has 1 amide bonds. The van der Waals surface area contributed by atoms with Crippen molar-refractivity contribution in [3.8, 4) is 0 Å². The van der Waals surface area contributed by atoms with Gasteiger partial charge in [0.2, 0.25) is 5.91 Å². The van der Waals surface area contributed by atoms with Gasteiger partial charge in [0.05, 0.1) is 5.75 Å². The number of anilines is 1. The topological polar surface area (TPSA) is 32.3 Å². The molecule has 0 spiro atoms. The van der Waals surface area contributed by atoms with Gasteiger partial charge in [0.1, 0.15) is 0 Å². The van der Waals surface area contributed by atoms with E-state index in [4.69, 9.17) is 0 Å². The highest BCUT2D eigenvalue weighted by molar-refractivity contribution is 8.00. The van der Waals surface area contributed by atoms with Crippen LogP contribution < -0.4 is 10.2 Å². The molecule has 2 aliphatic rings. The zero-order valence-electron chi connectivity index (χ0n) is 12.7. The van der Waals surface area contributed by atoms with Crippen molar-refractivity contribution in [2.24, 2.45) is 5.92 Å². The molecule has 0 saturated carbocycles. The van der Waals surface area contributed by atoms with Crippen molar-refractivity contribution < 1.29 is 4.79 Å². The van der Waals surface area contributed by atoms with E-state index in [-0.39, 0.29) is 5.91 Å². The van der Waals surface area contributed by atoms with Crippen LogP contribution in [0.4, 0.5) is 5.69 Å². The third-order valence-electron chi connectivity index (χ3n) is 4.37. The van der Waals surface area contributed by atoms with E-state index in [0.717, 1.165) is 31.7 Å². The molecule has 1 N–H and O–H groups in total. The predicted octanol–water partition coefficient (Wildman–Crippen LogP) is 2.70. The van der Waals surface area contributed by atoms with Gasteiger partial charge >= 0.3 is 0 Å². The van der Waals surface area contributed by atoms with Gasteiger partial charge in [0.25, 0.3) is 0 Å². The highest BCUT2D eigenvalue weighted by Gasteiger charge is 2.26. The molecule has 0 aromatic heterocycles. The second kappa shape index (κ2) is 6.84. The first-order valence-electron chi connectivity index (χ1n) is 7.94. The summed E-state index contributed by atoms with van der Waals surface area (Å²) >= 11 is 1.84. The number of nitrogens with one attached hydrogen (secondary N) is 1. The lowest BCUT2D eigenvalue weighted by molar-refractivity contribution is -0.116. The van der Waals surface area contributed by atoms with E-state index in [9.17, 15) is 4.79 Å². The van der Waals surface area contributed by atoms with Crippen molar-refractivity contribution in [1.82, 2.24) is 5.32 Å². The lowest BCUT2D eigenvalue weighted by Crippen LogP contribution is -2.40. The van der Waals surface area contributed by atoms with Crippen LogP contribution in [0.5, 0.6) is 0 Å². The fourth-order valence-electron chi connectivity index (χ4n) is 3.26. The smallest absolute Gasteiger partial charge is 0.237 e. The Morgan fingerprint density at radius 3 is 2.90 bits per heavy atom. The molecule has 0 radical (unpaired) electrons. The first kappa shape index (κ1) is 14.9. The molecule has 1 aromatic rings. The molecule has 0 bridgehead atoms. The summed E-state index contributed by atoms with van der Waals surface area (Å²) in [6.45, 7) is 5.28. The molecule has 1 fully saturated rings. The minimum Gasteiger partial charge on any atom is -0.317 e. The molecular weight excluding hydrogens is 280 g/mol. The number of carbonyl (C=O) groups excluding carboxylic acids is 1. The molecule has 1 aromatic carbocycles. The Labute approximate surface area is 131 Å². The molecule has 2 aliphatic heterocycles. The lowest BCUT2D eigenvalue weighted by Gasteiger charge is -2.33. The molecule has 1 unspecified atom stereocenters. The minimum absolute atomic E-state index is 0.275. The zero-order valence-corrected chi connectivity index (χ0v) is 13.5. The van der Waals surface area contributed by atoms with Crippen LogP contribution in [-0.2, 0) is 11.2 Å². The summed E-state index contributed by atoms with van der Waals surface area (Å²) in [6.07, 6.45) is 3.46. The van der Waals surface area contributed by atoms with Crippen molar-refractivity contribution >= 4 is 23.4 Å². The number of amides is 1. The zero-order chi connectivity index (χ0) is 14.7. The van der Waals surface area contributed by atoms with Gasteiger partial charge in [0.15, 0.2) is 0 Å². The van der Waals surface area contributed by atoms with Gasteiger partial charge < -0.3 is 10.2 Å². The predicted molar refractivity (Wildman–Crippen MR) is 90.0 cm³/mol. The summed E-state index contributed by atoms with van der Waals surface area (Å²) in [7, 11) is 0. The molecule has 21 heavy (non-hydrogen) atoms. The number of fused-ring (bicyclic) bond motifs is 1. The van der Waals surface area contributed by atoms with Gasteiger partial charge in [-0.3, -0.25) is 4.79 Å². The molecule has 0 aliphatic carbocycles. The standard InChI is InChI=1S/C17H24N2OS/c1-13-10-14-4-2-3-5-16(14)19(11-13)17(20)12-21-15-6-8-18-9-7-15/h2-5,13,15,18H,6-12H2,1H3. The van der Waals surface area contributed by atoms with Crippen LogP contribution in [0.1, 0.15) is 25.3 Å². The second-order valence-corrected chi connectivity index (χ2v) is 7.49. The van der Waals surface area contributed by atoms with Crippen molar-refractivity contribution in [3.05, 3.63) is 29.8 Å². The highest BCUT2D eigenvalue weighted by Crippen LogP contribution is 2.30. The number of para-hydroxylation sites is 1. The maximum Gasteiger partial charge on any atom is 0.237 e. The summed E-state index contributed by atoms with van der Waals surface area (Å²) < 4.78 is 0. The number of piperidine rings is 1.